The summed E-state index contributed by atoms with van der Waals surface area (Å²) in [5.74, 6) is 0.424. The second-order valence-electron chi connectivity index (χ2n) is 18.6. The quantitative estimate of drug-likeness (QED) is 0.0950. The van der Waals surface area contributed by atoms with Gasteiger partial charge in [-0.3, -0.25) is 0 Å². The van der Waals surface area contributed by atoms with Gasteiger partial charge in [-0.2, -0.15) is 0 Å². The minimum Gasteiger partial charge on any atom is -0.337 e. The smallest absolute Gasteiger partial charge is 0.0481 e. The predicted molar refractivity (Wildman–Crippen MR) is 308 cm³/mol. The molecule has 11 rings (SSSR count). The van der Waals surface area contributed by atoms with Gasteiger partial charge in [0.2, 0.25) is 0 Å². The maximum atomic E-state index is 2.41. The molecule has 0 amide bonds. The van der Waals surface area contributed by atoms with Gasteiger partial charge in [-0.15, -0.1) is 0 Å². The highest BCUT2D eigenvalue weighted by Gasteiger charge is 2.22. The Morgan fingerprint density at radius 1 is 0.389 bits per heavy atom. The molecule has 10 aromatic carbocycles. The van der Waals surface area contributed by atoms with Crippen molar-refractivity contribution in [3.63, 3.8) is 0 Å². The molecule has 350 valence electrons. The molecule has 0 saturated heterocycles. The normalized spacial score (nSPS) is 13.4. The molecule has 0 aromatic heterocycles. The Bertz CT molecular complexity index is 3510. The van der Waals surface area contributed by atoms with E-state index in [1.54, 1.807) is 0 Å². The molecule has 1 unspecified atom stereocenters. The summed E-state index contributed by atoms with van der Waals surface area (Å²) in [5.41, 5.74) is 14.8. The molecular weight excluding hydrogens is 873 g/mol. The third kappa shape index (κ3) is 9.81. The summed E-state index contributed by atoms with van der Waals surface area (Å²) in [6, 6.07) is 89.9. The Balaban J connectivity index is 0.971. The van der Waals surface area contributed by atoms with Crippen LogP contribution in [-0.4, -0.2) is 0 Å². The minimum absolute atomic E-state index is 0.424. The summed E-state index contributed by atoms with van der Waals surface area (Å²) in [5, 5.41) is 4.90. The van der Waals surface area contributed by atoms with Crippen LogP contribution in [0.5, 0.6) is 0 Å². The predicted octanol–water partition coefficient (Wildman–Crippen LogP) is 19.2. The van der Waals surface area contributed by atoms with Crippen LogP contribution < -0.4 is 19.6 Å². The van der Waals surface area contributed by atoms with Crippen molar-refractivity contribution >= 4 is 78.4 Å². The third-order valence-electron chi connectivity index (χ3n) is 13.8. The number of hydrogen-bond acceptors (Lipinski definition) is 4. The van der Waals surface area contributed by atoms with Crippen LogP contribution in [0.3, 0.4) is 0 Å². The van der Waals surface area contributed by atoms with Crippen molar-refractivity contribution < 1.29 is 0 Å². The van der Waals surface area contributed by atoms with Gasteiger partial charge in [-0.1, -0.05) is 158 Å². The van der Waals surface area contributed by atoms with E-state index >= 15 is 0 Å². The summed E-state index contributed by atoms with van der Waals surface area (Å²) < 4.78 is 0. The maximum Gasteiger partial charge on any atom is 0.0481 e. The standard InChI is InChI=1S/C68H58N4/c1-3-4-18-53-31-37-67(47-51(53)2)71(59-25-10-6-11-26-59)64-43-39-62(40-44-64)70(63-41-45-65(46-42-63)72(60-27-12-7-13-28-60)68-38-33-55-20-15-17-22-57(55)49-68)61-34-29-52(30-35-61)50-69(58-23-8-5-9-24-58)66-36-32-54-19-14-16-21-56(54)48-66/h4-30,32-49,53H,3,31,50H2,1-2H3/b18-4-. The van der Waals surface area contributed by atoms with Crippen molar-refractivity contribution in [1.82, 2.24) is 0 Å². The lowest BCUT2D eigenvalue weighted by molar-refractivity contribution is 0.750. The first kappa shape index (κ1) is 45.6. The van der Waals surface area contributed by atoms with E-state index in [0.717, 1.165) is 69.7 Å². The van der Waals surface area contributed by atoms with E-state index in [9.17, 15) is 0 Å². The third-order valence-corrected chi connectivity index (χ3v) is 13.8. The van der Waals surface area contributed by atoms with Gasteiger partial charge in [0.1, 0.15) is 0 Å². The Hall–Kier alpha value is -8.86. The Labute approximate surface area is 425 Å². The highest BCUT2D eigenvalue weighted by Crippen LogP contribution is 2.42. The van der Waals surface area contributed by atoms with Crippen LogP contribution in [0.2, 0.25) is 0 Å². The molecule has 72 heavy (non-hydrogen) atoms. The number of anilines is 10. The zero-order chi connectivity index (χ0) is 48.6. The highest BCUT2D eigenvalue weighted by molar-refractivity contribution is 5.90. The van der Waals surface area contributed by atoms with Crippen LogP contribution in [0.15, 0.2) is 284 Å². The van der Waals surface area contributed by atoms with E-state index in [1.165, 1.54) is 38.4 Å². The summed E-state index contributed by atoms with van der Waals surface area (Å²) in [6.45, 7) is 5.18. The van der Waals surface area contributed by atoms with Crippen LogP contribution in [-0.2, 0) is 6.54 Å². The van der Waals surface area contributed by atoms with Crippen molar-refractivity contribution in [3.8, 4) is 0 Å². The van der Waals surface area contributed by atoms with Gasteiger partial charge in [0.05, 0.1) is 0 Å². The number of fused-ring (bicyclic) bond motifs is 2. The fourth-order valence-electron chi connectivity index (χ4n) is 10.0. The van der Waals surface area contributed by atoms with Crippen LogP contribution in [0, 0.1) is 5.92 Å². The van der Waals surface area contributed by atoms with E-state index in [1.807, 2.05) is 0 Å². The number of allylic oxidation sites excluding steroid dienone is 5. The molecule has 0 aliphatic heterocycles. The molecular formula is C68H58N4. The molecule has 0 spiro atoms. The lowest BCUT2D eigenvalue weighted by Gasteiger charge is -2.31. The molecule has 0 radical (unpaired) electrons. The first-order valence-electron chi connectivity index (χ1n) is 25.2. The second kappa shape index (κ2) is 21.0. The number of benzene rings is 10. The molecule has 1 atom stereocenters. The molecule has 0 fully saturated rings. The Kier molecular flexibility index (Phi) is 13.3. The molecule has 10 aromatic rings. The lowest BCUT2D eigenvalue weighted by Crippen LogP contribution is -2.19. The fourth-order valence-corrected chi connectivity index (χ4v) is 10.0. The molecule has 0 N–H and O–H groups in total. The lowest BCUT2D eigenvalue weighted by atomic mass is 9.90. The molecule has 0 heterocycles. The summed E-state index contributed by atoms with van der Waals surface area (Å²) >= 11 is 0. The highest BCUT2D eigenvalue weighted by atomic mass is 15.2. The van der Waals surface area contributed by atoms with Gasteiger partial charge in [0.25, 0.3) is 0 Å². The summed E-state index contributed by atoms with van der Waals surface area (Å²) in [7, 11) is 0. The van der Waals surface area contributed by atoms with Crippen molar-refractivity contribution in [2.75, 3.05) is 19.6 Å². The van der Waals surface area contributed by atoms with Gasteiger partial charge in [-0.25, -0.2) is 0 Å². The summed E-state index contributed by atoms with van der Waals surface area (Å²) in [4.78, 5) is 9.51. The van der Waals surface area contributed by atoms with E-state index in [0.29, 0.717) is 12.5 Å². The van der Waals surface area contributed by atoms with Crippen LogP contribution in [0.4, 0.5) is 56.9 Å². The average molecular weight is 931 g/mol. The largest absolute Gasteiger partial charge is 0.337 e. The SMILES string of the molecule is CC/C=C\C1CC=C(N(c2ccccc2)c2ccc(N(c3ccc(CN(c4ccccc4)c4ccc5ccccc5c4)cc3)c3ccc(N(c4ccccc4)c4ccc5ccccc5c4)cc3)cc2)C=C1C. The summed E-state index contributed by atoms with van der Waals surface area (Å²) in [6.07, 6.45) is 11.4. The van der Waals surface area contributed by atoms with Crippen LogP contribution >= 0.6 is 0 Å². The van der Waals surface area contributed by atoms with Crippen LogP contribution in [0.25, 0.3) is 21.5 Å². The zero-order valence-corrected chi connectivity index (χ0v) is 41.0. The molecule has 4 heteroatoms. The average Bonchev–Trinajstić information content (AvgIpc) is 3.44. The van der Waals surface area contributed by atoms with Crippen LogP contribution in [0.1, 0.15) is 32.3 Å². The van der Waals surface area contributed by atoms with Crippen molar-refractivity contribution in [1.29, 1.82) is 0 Å². The monoisotopic (exact) mass is 930 g/mol. The molecule has 1 aliphatic carbocycles. The molecule has 1 aliphatic rings. The van der Waals surface area contributed by atoms with Crippen molar-refractivity contribution in [3.05, 3.63) is 290 Å². The fraction of sp³-hybridized carbons (Fsp3) is 0.0882. The van der Waals surface area contributed by atoms with E-state index < -0.39 is 0 Å². The van der Waals surface area contributed by atoms with E-state index in [4.69, 9.17) is 0 Å². The van der Waals surface area contributed by atoms with E-state index in [-0.39, 0.29) is 0 Å². The van der Waals surface area contributed by atoms with Gasteiger partial charge in [0, 0.05) is 75.0 Å². The number of hydrogen-bond donors (Lipinski definition) is 0. The maximum absolute atomic E-state index is 2.41. The zero-order valence-electron chi connectivity index (χ0n) is 41.0. The van der Waals surface area contributed by atoms with Gasteiger partial charge in [0.15, 0.2) is 0 Å². The number of para-hydroxylation sites is 3. The van der Waals surface area contributed by atoms with Crippen molar-refractivity contribution in [2.24, 2.45) is 5.92 Å². The topological polar surface area (TPSA) is 13.0 Å². The van der Waals surface area contributed by atoms with E-state index in [2.05, 4.69) is 306 Å². The molecule has 0 saturated carbocycles. The number of rotatable bonds is 15. The Morgan fingerprint density at radius 2 is 0.778 bits per heavy atom. The first-order valence-corrected chi connectivity index (χ1v) is 25.2. The minimum atomic E-state index is 0.424. The van der Waals surface area contributed by atoms with Gasteiger partial charge >= 0.3 is 0 Å². The van der Waals surface area contributed by atoms with Crippen molar-refractivity contribution in [2.45, 2.75) is 33.2 Å². The second-order valence-corrected chi connectivity index (χ2v) is 18.6. The van der Waals surface area contributed by atoms with Gasteiger partial charge < -0.3 is 19.6 Å². The number of nitrogens with zero attached hydrogens (tertiary/aromatic N) is 4. The van der Waals surface area contributed by atoms with Gasteiger partial charge in [-0.05, 0) is 174 Å². The Morgan fingerprint density at radius 3 is 1.29 bits per heavy atom. The molecule has 0 bridgehead atoms. The first-order chi connectivity index (χ1) is 35.6. The molecule has 4 nitrogen and oxygen atoms in total.